The zero-order chi connectivity index (χ0) is 9.35. The molecule has 0 heterocycles. The zero-order valence-corrected chi connectivity index (χ0v) is 6.42. The number of hydrogen-bond donors (Lipinski definition) is 4. The molecule has 1 saturated carbocycles. The fourth-order valence-electron chi connectivity index (χ4n) is 1.40. The van der Waals surface area contributed by atoms with Crippen molar-refractivity contribution in [3.05, 3.63) is 0 Å². The van der Waals surface area contributed by atoms with E-state index in [0.717, 1.165) is 0 Å². The highest BCUT2D eigenvalue weighted by Crippen LogP contribution is 2.27. The normalized spacial score (nSPS) is 48.8. The highest BCUT2D eigenvalue weighted by atomic mass is 16.4. The van der Waals surface area contributed by atoms with Crippen molar-refractivity contribution in [2.24, 2.45) is 0 Å². The van der Waals surface area contributed by atoms with Crippen LogP contribution < -0.4 is 0 Å². The van der Waals surface area contributed by atoms with Crippen LogP contribution in [0.1, 0.15) is 12.8 Å². The predicted octanol–water partition coefficient (Wildman–Crippen LogP) is -2.21. The number of aldehydes is 1. The Morgan fingerprint density at radius 2 is 1.58 bits per heavy atom. The van der Waals surface area contributed by atoms with Crippen molar-refractivity contribution in [3.8, 4) is 0 Å². The highest BCUT2D eigenvalue weighted by Gasteiger charge is 2.43. The first kappa shape index (κ1) is 9.60. The molecule has 4 N–H and O–H groups in total. The molecule has 0 radical (unpaired) electrons. The topological polar surface area (TPSA) is 98.0 Å². The van der Waals surface area contributed by atoms with Crippen LogP contribution in [0.5, 0.6) is 0 Å². The summed E-state index contributed by atoms with van der Waals surface area (Å²) >= 11 is 0. The number of carbonyl (C=O) groups is 1. The molecule has 1 aliphatic carbocycles. The van der Waals surface area contributed by atoms with Crippen molar-refractivity contribution < 1.29 is 25.2 Å². The van der Waals surface area contributed by atoms with Crippen LogP contribution in [-0.2, 0) is 4.79 Å². The zero-order valence-electron chi connectivity index (χ0n) is 6.42. The highest BCUT2D eigenvalue weighted by molar-refractivity contribution is 5.62. The number of carbonyl (C=O) groups excluding carboxylic acids is 1. The summed E-state index contributed by atoms with van der Waals surface area (Å²) in [7, 11) is 0. The Kier molecular flexibility index (Phi) is 2.48. The molecule has 0 bridgehead atoms. The number of hydrogen-bond acceptors (Lipinski definition) is 5. The third kappa shape index (κ3) is 1.64. The summed E-state index contributed by atoms with van der Waals surface area (Å²) in [6.07, 6.45) is -3.94. The van der Waals surface area contributed by atoms with Crippen LogP contribution in [0.25, 0.3) is 0 Å². The van der Waals surface area contributed by atoms with Crippen molar-refractivity contribution in [1.82, 2.24) is 0 Å². The minimum atomic E-state index is -1.70. The maximum Gasteiger partial charge on any atom is 0.151 e. The van der Waals surface area contributed by atoms with Crippen molar-refractivity contribution >= 4 is 6.29 Å². The second-order valence-corrected chi connectivity index (χ2v) is 3.25. The van der Waals surface area contributed by atoms with E-state index in [4.69, 9.17) is 15.3 Å². The fraction of sp³-hybridized carbons (Fsp3) is 0.857. The summed E-state index contributed by atoms with van der Waals surface area (Å²) < 4.78 is 0. The van der Waals surface area contributed by atoms with Crippen molar-refractivity contribution in [2.75, 3.05) is 0 Å². The van der Waals surface area contributed by atoms with E-state index in [9.17, 15) is 9.90 Å². The van der Waals surface area contributed by atoms with Crippen molar-refractivity contribution in [1.29, 1.82) is 0 Å². The molecular formula is C7H12O5. The van der Waals surface area contributed by atoms with E-state index in [1.165, 1.54) is 0 Å². The molecule has 1 aliphatic rings. The van der Waals surface area contributed by atoms with Gasteiger partial charge in [-0.25, -0.2) is 0 Å². The van der Waals surface area contributed by atoms with E-state index in [1.54, 1.807) is 0 Å². The molecule has 1 rings (SSSR count). The molecule has 12 heavy (non-hydrogen) atoms. The molecule has 0 aromatic heterocycles. The molecule has 0 spiro atoms. The Balaban J connectivity index is 2.71. The third-order valence-electron chi connectivity index (χ3n) is 2.13. The summed E-state index contributed by atoms with van der Waals surface area (Å²) in [5, 5.41) is 36.6. The number of aliphatic hydroxyl groups excluding tert-OH is 3. The monoisotopic (exact) mass is 176 g/mol. The molecule has 0 aliphatic heterocycles. The van der Waals surface area contributed by atoms with Gasteiger partial charge in [0.1, 0.15) is 11.7 Å². The molecule has 0 aromatic carbocycles. The van der Waals surface area contributed by atoms with Crippen LogP contribution in [0, 0.1) is 0 Å². The van der Waals surface area contributed by atoms with Crippen LogP contribution in [0.3, 0.4) is 0 Å². The molecule has 0 aromatic rings. The molecule has 1 fully saturated rings. The molecular weight excluding hydrogens is 164 g/mol. The predicted molar refractivity (Wildman–Crippen MR) is 38.3 cm³/mol. The number of rotatable bonds is 1. The van der Waals surface area contributed by atoms with Gasteiger partial charge in [-0.3, -0.25) is 0 Å². The summed E-state index contributed by atoms with van der Waals surface area (Å²) in [5.74, 6) is 0. The first-order chi connectivity index (χ1) is 5.48. The van der Waals surface area contributed by atoms with Gasteiger partial charge in [0.2, 0.25) is 0 Å². The minimum absolute atomic E-state index is 0.227. The van der Waals surface area contributed by atoms with Gasteiger partial charge in [0.15, 0.2) is 6.29 Å². The molecule has 70 valence electrons. The lowest BCUT2D eigenvalue weighted by Gasteiger charge is -2.36. The number of aliphatic hydroxyl groups is 4. The van der Waals surface area contributed by atoms with Gasteiger partial charge in [0.25, 0.3) is 0 Å². The van der Waals surface area contributed by atoms with E-state index < -0.39 is 23.9 Å². The first-order valence-corrected chi connectivity index (χ1v) is 3.71. The molecule has 5 heteroatoms. The second kappa shape index (κ2) is 3.10. The van der Waals surface area contributed by atoms with Gasteiger partial charge in [0.05, 0.1) is 12.2 Å². The maximum atomic E-state index is 10.3. The Morgan fingerprint density at radius 3 is 1.92 bits per heavy atom. The largest absolute Gasteiger partial charge is 0.390 e. The average molecular weight is 176 g/mol. The fourth-order valence-corrected chi connectivity index (χ4v) is 1.40. The second-order valence-electron chi connectivity index (χ2n) is 3.25. The lowest BCUT2D eigenvalue weighted by molar-refractivity contribution is -0.161. The maximum absolute atomic E-state index is 10.3. The Bertz CT molecular complexity index is 169. The molecule has 0 unspecified atom stereocenters. The minimum Gasteiger partial charge on any atom is -0.390 e. The van der Waals surface area contributed by atoms with Crippen LogP contribution in [-0.4, -0.2) is 50.6 Å². The SMILES string of the molecule is O=CC1(O)C[C@@H](O)C(O)[C@H](O)C1. The van der Waals surface area contributed by atoms with Crippen LogP contribution >= 0.6 is 0 Å². The molecule has 0 saturated heterocycles. The lowest BCUT2D eigenvalue weighted by Crippen LogP contribution is -2.53. The van der Waals surface area contributed by atoms with Gasteiger partial charge in [-0.15, -0.1) is 0 Å². The summed E-state index contributed by atoms with van der Waals surface area (Å²) in [5.41, 5.74) is -1.70. The third-order valence-corrected chi connectivity index (χ3v) is 2.13. The van der Waals surface area contributed by atoms with E-state index >= 15 is 0 Å². The van der Waals surface area contributed by atoms with Crippen molar-refractivity contribution in [2.45, 2.75) is 36.8 Å². The van der Waals surface area contributed by atoms with E-state index in [0.29, 0.717) is 0 Å². The Labute approximate surface area is 69.3 Å². The van der Waals surface area contributed by atoms with Crippen LogP contribution in [0.4, 0.5) is 0 Å². The van der Waals surface area contributed by atoms with Gasteiger partial charge < -0.3 is 25.2 Å². The van der Waals surface area contributed by atoms with E-state index in [-0.39, 0.29) is 19.1 Å². The first-order valence-electron chi connectivity index (χ1n) is 3.71. The van der Waals surface area contributed by atoms with Gasteiger partial charge >= 0.3 is 0 Å². The average Bonchev–Trinajstić information content (AvgIpc) is 2.00. The van der Waals surface area contributed by atoms with Gasteiger partial charge in [-0.05, 0) is 0 Å². The van der Waals surface area contributed by atoms with Gasteiger partial charge in [0, 0.05) is 12.8 Å². The van der Waals surface area contributed by atoms with E-state index in [2.05, 4.69) is 0 Å². The lowest BCUT2D eigenvalue weighted by atomic mass is 9.81. The van der Waals surface area contributed by atoms with Gasteiger partial charge in [-0.1, -0.05) is 0 Å². The standard InChI is InChI=1S/C7H12O5/c8-3-7(12)1-4(9)6(11)5(10)2-7/h3-6,9-12H,1-2H2/t4-,5-,6?,7?/m1/s1. The molecule has 2 atom stereocenters. The van der Waals surface area contributed by atoms with Gasteiger partial charge in [-0.2, -0.15) is 0 Å². The quantitative estimate of drug-likeness (QED) is 0.340. The smallest absolute Gasteiger partial charge is 0.151 e. The Hall–Kier alpha value is -0.490. The molecule has 5 nitrogen and oxygen atoms in total. The Morgan fingerprint density at radius 1 is 1.17 bits per heavy atom. The van der Waals surface area contributed by atoms with Crippen LogP contribution in [0.15, 0.2) is 0 Å². The van der Waals surface area contributed by atoms with Crippen LogP contribution in [0.2, 0.25) is 0 Å². The molecule has 0 amide bonds. The summed E-state index contributed by atoms with van der Waals surface area (Å²) in [6, 6.07) is 0. The van der Waals surface area contributed by atoms with E-state index in [1.807, 2.05) is 0 Å². The summed E-state index contributed by atoms with van der Waals surface area (Å²) in [6.45, 7) is 0. The van der Waals surface area contributed by atoms with Crippen molar-refractivity contribution in [3.63, 3.8) is 0 Å². The summed E-state index contributed by atoms with van der Waals surface area (Å²) in [4.78, 5) is 10.3.